The number of rotatable bonds is 43. The summed E-state index contributed by atoms with van der Waals surface area (Å²) in [6.45, 7) is 4.21. The molecule has 0 aliphatic heterocycles. The summed E-state index contributed by atoms with van der Waals surface area (Å²) in [6.07, 6.45) is 62.4. The largest absolute Gasteiger partial charge is 0.394 e. The van der Waals surface area contributed by atoms with E-state index in [4.69, 9.17) is 0 Å². The van der Waals surface area contributed by atoms with E-state index in [9.17, 15) is 15.0 Å². The van der Waals surface area contributed by atoms with Gasteiger partial charge in [0.25, 0.3) is 0 Å². The molecule has 1 amide bonds. The normalized spacial score (nSPS) is 13.3. The molecule has 0 heterocycles. The maximum absolute atomic E-state index is 12.3. The van der Waals surface area contributed by atoms with Gasteiger partial charge >= 0.3 is 0 Å². The molecular weight excluding hydrogens is 663 g/mol. The van der Waals surface area contributed by atoms with Crippen LogP contribution in [0.5, 0.6) is 0 Å². The first kappa shape index (κ1) is 52.3. The lowest BCUT2D eigenvalue weighted by Gasteiger charge is -2.22. The predicted octanol–water partition coefficient (Wildman–Crippen LogP) is 15.1. The molecule has 54 heavy (non-hydrogen) atoms. The molecule has 0 radical (unpaired) electrons. The van der Waals surface area contributed by atoms with Crippen molar-refractivity contribution in [3.8, 4) is 0 Å². The highest BCUT2D eigenvalue weighted by molar-refractivity contribution is 5.76. The molecule has 0 aromatic heterocycles. The van der Waals surface area contributed by atoms with Crippen LogP contribution < -0.4 is 5.32 Å². The number of allylic oxidation sites excluding steroid dienone is 8. The standard InChI is InChI=1S/C50H93NO3/c1-3-5-7-9-11-12-13-14-15-16-17-18-19-20-21-22-23-24-25-26-27-28-29-30-31-32-33-34-35-36-37-38-40-42-44-46-50(54)51-48(47-52)49(53)45-43-41-39-10-8-6-4-2/h5,7,11-12,14-15,17-18,48-49,52-53H,3-4,6,8-10,13,16,19-47H2,1-2H3,(H,51,54)/b7-5-,12-11-,15-14-,18-17-. The van der Waals surface area contributed by atoms with Gasteiger partial charge in [-0.05, 0) is 51.4 Å². The summed E-state index contributed by atoms with van der Waals surface area (Å²) >= 11 is 0. The minimum Gasteiger partial charge on any atom is -0.394 e. The fourth-order valence-electron chi connectivity index (χ4n) is 7.24. The third kappa shape index (κ3) is 41.5. The summed E-state index contributed by atoms with van der Waals surface area (Å²) < 4.78 is 0. The molecular formula is C50H93NO3. The number of unbranched alkanes of at least 4 members (excludes halogenated alkanes) is 28. The van der Waals surface area contributed by atoms with E-state index in [0.29, 0.717) is 12.8 Å². The summed E-state index contributed by atoms with van der Waals surface area (Å²) in [7, 11) is 0. The lowest BCUT2D eigenvalue weighted by atomic mass is 10.0. The van der Waals surface area contributed by atoms with Crippen molar-refractivity contribution in [2.75, 3.05) is 6.61 Å². The molecule has 0 rings (SSSR count). The van der Waals surface area contributed by atoms with Gasteiger partial charge in [0.05, 0.1) is 18.8 Å². The summed E-state index contributed by atoms with van der Waals surface area (Å²) in [5.74, 6) is -0.0333. The highest BCUT2D eigenvalue weighted by Crippen LogP contribution is 2.16. The van der Waals surface area contributed by atoms with Crippen LogP contribution in [0.15, 0.2) is 48.6 Å². The minimum atomic E-state index is -0.654. The molecule has 316 valence electrons. The zero-order chi connectivity index (χ0) is 39.3. The average Bonchev–Trinajstić information content (AvgIpc) is 3.18. The van der Waals surface area contributed by atoms with Gasteiger partial charge in [0.2, 0.25) is 5.91 Å². The second-order valence-electron chi connectivity index (χ2n) is 16.2. The zero-order valence-corrected chi connectivity index (χ0v) is 36.2. The van der Waals surface area contributed by atoms with Crippen molar-refractivity contribution in [2.24, 2.45) is 0 Å². The summed E-state index contributed by atoms with van der Waals surface area (Å²) in [5.41, 5.74) is 0. The van der Waals surface area contributed by atoms with Gasteiger partial charge in [0, 0.05) is 6.42 Å². The molecule has 4 nitrogen and oxygen atoms in total. The van der Waals surface area contributed by atoms with Crippen molar-refractivity contribution >= 4 is 5.91 Å². The van der Waals surface area contributed by atoms with Gasteiger partial charge in [-0.3, -0.25) is 4.79 Å². The van der Waals surface area contributed by atoms with E-state index in [0.717, 1.165) is 51.4 Å². The van der Waals surface area contributed by atoms with Gasteiger partial charge in [-0.1, -0.05) is 236 Å². The molecule has 4 heteroatoms. The summed E-state index contributed by atoms with van der Waals surface area (Å²) in [6, 6.07) is -0.531. The molecule has 0 saturated carbocycles. The van der Waals surface area contributed by atoms with Crippen molar-refractivity contribution in [3.63, 3.8) is 0 Å². The first-order valence-corrected chi connectivity index (χ1v) is 23.8. The Kier molecular flexibility index (Phi) is 44.3. The Morgan fingerprint density at radius 1 is 0.463 bits per heavy atom. The molecule has 2 atom stereocenters. The third-order valence-electron chi connectivity index (χ3n) is 10.9. The lowest BCUT2D eigenvalue weighted by Crippen LogP contribution is -2.45. The van der Waals surface area contributed by atoms with E-state index in [2.05, 4.69) is 67.8 Å². The minimum absolute atomic E-state index is 0.0333. The van der Waals surface area contributed by atoms with E-state index in [1.54, 1.807) is 0 Å². The van der Waals surface area contributed by atoms with Crippen LogP contribution in [0.3, 0.4) is 0 Å². The van der Waals surface area contributed by atoms with E-state index in [1.807, 2.05) is 0 Å². The Hall–Kier alpha value is -1.65. The number of hydrogen-bond acceptors (Lipinski definition) is 3. The fourth-order valence-corrected chi connectivity index (χ4v) is 7.24. The number of aliphatic hydroxyl groups excluding tert-OH is 2. The maximum Gasteiger partial charge on any atom is 0.220 e. The monoisotopic (exact) mass is 756 g/mol. The van der Waals surface area contributed by atoms with Crippen LogP contribution in [0, 0.1) is 0 Å². The van der Waals surface area contributed by atoms with Crippen LogP contribution in [-0.4, -0.2) is 34.9 Å². The Labute approximate surface area is 337 Å². The smallest absolute Gasteiger partial charge is 0.220 e. The Morgan fingerprint density at radius 3 is 1.22 bits per heavy atom. The number of carbonyl (C=O) groups excluding carboxylic acids is 1. The second kappa shape index (κ2) is 45.7. The molecule has 0 aliphatic rings. The maximum atomic E-state index is 12.3. The number of carbonyl (C=O) groups is 1. The van der Waals surface area contributed by atoms with Crippen LogP contribution in [0.1, 0.15) is 245 Å². The Bertz CT molecular complexity index is 862. The molecule has 0 aliphatic carbocycles. The average molecular weight is 756 g/mol. The molecule has 0 aromatic carbocycles. The predicted molar refractivity (Wildman–Crippen MR) is 239 cm³/mol. The highest BCUT2D eigenvalue weighted by Gasteiger charge is 2.20. The van der Waals surface area contributed by atoms with Gasteiger partial charge in [-0.25, -0.2) is 0 Å². The summed E-state index contributed by atoms with van der Waals surface area (Å²) in [5, 5.41) is 23.0. The molecule has 2 unspecified atom stereocenters. The number of aliphatic hydroxyl groups is 2. The van der Waals surface area contributed by atoms with Gasteiger partial charge in [0.1, 0.15) is 0 Å². The molecule has 0 aromatic rings. The summed E-state index contributed by atoms with van der Waals surface area (Å²) in [4.78, 5) is 12.3. The van der Waals surface area contributed by atoms with Crippen LogP contribution in [0.2, 0.25) is 0 Å². The first-order chi connectivity index (χ1) is 26.7. The Morgan fingerprint density at radius 2 is 0.815 bits per heavy atom. The molecule has 0 spiro atoms. The quantitative estimate of drug-likeness (QED) is 0.0429. The molecule has 0 saturated heterocycles. The molecule has 0 bridgehead atoms. The first-order valence-electron chi connectivity index (χ1n) is 23.8. The van der Waals surface area contributed by atoms with Crippen LogP contribution in [0.25, 0.3) is 0 Å². The Balaban J connectivity index is 3.36. The topological polar surface area (TPSA) is 69.6 Å². The van der Waals surface area contributed by atoms with E-state index in [1.165, 1.54) is 167 Å². The zero-order valence-electron chi connectivity index (χ0n) is 36.2. The van der Waals surface area contributed by atoms with E-state index < -0.39 is 12.1 Å². The number of hydrogen-bond donors (Lipinski definition) is 3. The van der Waals surface area contributed by atoms with Gasteiger partial charge in [0.15, 0.2) is 0 Å². The molecule has 0 fully saturated rings. The van der Waals surface area contributed by atoms with Gasteiger partial charge in [-0.2, -0.15) is 0 Å². The lowest BCUT2D eigenvalue weighted by molar-refractivity contribution is -0.123. The van der Waals surface area contributed by atoms with Crippen molar-refractivity contribution in [1.29, 1.82) is 0 Å². The highest BCUT2D eigenvalue weighted by atomic mass is 16.3. The number of amides is 1. The van der Waals surface area contributed by atoms with Crippen molar-refractivity contribution in [3.05, 3.63) is 48.6 Å². The van der Waals surface area contributed by atoms with Crippen LogP contribution in [-0.2, 0) is 4.79 Å². The SMILES string of the molecule is CC/C=C\C/C=C\C/C=C\C/C=C\CCCCCCCCCCCCCCCCCCCCCCCCC(=O)NC(CO)C(O)CCCCCCCCC. The number of nitrogens with one attached hydrogen (secondary N) is 1. The van der Waals surface area contributed by atoms with Gasteiger partial charge < -0.3 is 15.5 Å². The van der Waals surface area contributed by atoms with Crippen LogP contribution in [0.4, 0.5) is 0 Å². The second-order valence-corrected chi connectivity index (χ2v) is 16.2. The van der Waals surface area contributed by atoms with Crippen molar-refractivity contribution < 1.29 is 15.0 Å². The van der Waals surface area contributed by atoms with Crippen molar-refractivity contribution in [2.45, 2.75) is 257 Å². The molecule has 3 N–H and O–H groups in total. The van der Waals surface area contributed by atoms with Crippen molar-refractivity contribution in [1.82, 2.24) is 5.32 Å². The van der Waals surface area contributed by atoms with Gasteiger partial charge in [-0.15, -0.1) is 0 Å². The van der Waals surface area contributed by atoms with Crippen LogP contribution >= 0.6 is 0 Å². The van der Waals surface area contributed by atoms with E-state index in [-0.39, 0.29) is 12.5 Å². The van der Waals surface area contributed by atoms with E-state index >= 15 is 0 Å². The third-order valence-corrected chi connectivity index (χ3v) is 10.9. The fraction of sp³-hybridized carbons (Fsp3) is 0.820.